The number of nitrogens with zero attached hydrogens (tertiary/aromatic N) is 1. The van der Waals surface area contributed by atoms with Crippen molar-refractivity contribution in [1.82, 2.24) is 4.98 Å². The number of nitrogens with one attached hydrogen (secondary N) is 1. The third-order valence-corrected chi connectivity index (χ3v) is 4.57. The first kappa shape index (κ1) is 17.1. The van der Waals surface area contributed by atoms with Crippen LogP contribution in [0.2, 0.25) is 0 Å². The first-order valence-corrected chi connectivity index (χ1v) is 8.58. The molecular weight excluding hydrogens is 339 g/mol. The van der Waals surface area contributed by atoms with Crippen molar-refractivity contribution in [3.05, 3.63) is 64.9 Å². The summed E-state index contributed by atoms with van der Waals surface area (Å²) < 4.78 is 18.3. The maximum Gasteiger partial charge on any atom is 0.230 e. The van der Waals surface area contributed by atoms with E-state index in [-0.39, 0.29) is 18.1 Å². The Morgan fingerprint density at radius 3 is 2.72 bits per heavy atom. The van der Waals surface area contributed by atoms with Gasteiger partial charge in [0, 0.05) is 17.0 Å². The van der Waals surface area contributed by atoms with Crippen molar-refractivity contribution in [2.75, 3.05) is 12.4 Å². The average Bonchev–Trinajstić information content (AvgIpc) is 3.05. The lowest BCUT2D eigenvalue weighted by Crippen LogP contribution is -2.15. The molecule has 0 fully saturated rings. The SMILES string of the molecule is COc1cc(F)ccc1NC(=O)Cc1csc(-c2ccc(C)cc2)n1. The Hall–Kier alpha value is -2.73. The summed E-state index contributed by atoms with van der Waals surface area (Å²) in [5.41, 5.74) is 3.35. The summed E-state index contributed by atoms with van der Waals surface area (Å²) in [6.45, 7) is 2.03. The van der Waals surface area contributed by atoms with Crippen LogP contribution in [0.15, 0.2) is 47.8 Å². The molecule has 128 valence electrons. The lowest BCUT2D eigenvalue weighted by atomic mass is 10.2. The lowest BCUT2D eigenvalue weighted by Gasteiger charge is -2.09. The van der Waals surface area contributed by atoms with Crippen LogP contribution in [0, 0.1) is 12.7 Å². The molecular formula is C19H17FN2O2S. The zero-order chi connectivity index (χ0) is 17.8. The third kappa shape index (κ3) is 4.22. The Kier molecular flexibility index (Phi) is 5.09. The summed E-state index contributed by atoms with van der Waals surface area (Å²) in [6, 6.07) is 12.1. The smallest absolute Gasteiger partial charge is 0.230 e. The molecule has 0 saturated heterocycles. The minimum absolute atomic E-state index is 0.142. The van der Waals surface area contributed by atoms with Gasteiger partial charge in [-0.1, -0.05) is 29.8 Å². The number of thiazole rings is 1. The van der Waals surface area contributed by atoms with Crippen LogP contribution in [-0.2, 0) is 11.2 Å². The van der Waals surface area contributed by atoms with Gasteiger partial charge < -0.3 is 10.1 Å². The number of aromatic nitrogens is 1. The molecule has 0 bridgehead atoms. The summed E-state index contributed by atoms with van der Waals surface area (Å²) in [6.07, 6.45) is 0.142. The molecule has 25 heavy (non-hydrogen) atoms. The van der Waals surface area contributed by atoms with E-state index in [4.69, 9.17) is 4.74 Å². The maximum atomic E-state index is 13.2. The van der Waals surface area contributed by atoms with E-state index in [9.17, 15) is 9.18 Å². The lowest BCUT2D eigenvalue weighted by molar-refractivity contribution is -0.115. The molecule has 0 radical (unpaired) electrons. The van der Waals surface area contributed by atoms with Gasteiger partial charge in [0.25, 0.3) is 0 Å². The van der Waals surface area contributed by atoms with Gasteiger partial charge in [-0.05, 0) is 19.1 Å². The van der Waals surface area contributed by atoms with Gasteiger partial charge in [0.1, 0.15) is 16.6 Å². The molecule has 1 aromatic heterocycles. The molecule has 3 aromatic rings. The molecule has 4 nitrogen and oxygen atoms in total. The number of rotatable bonds is 5. The molecule has 0 spiro atoms. The normalized spacial score (nSPS) is 10.5. The average molecular weight is 356 g/mol. The van der Waals surface area contributed by atoms with Crippen molar-refractivity contribution in [1.29, 1.82) is 0 Å². The number of hydrogen-bond acceptors (Lipinski definition) is 4. The molecule has 2 aromatic carbocycles. The van der Waals surface area contributed by atoms with Gasteiger partial charge in [0.15, 0.2) is 0 Å². The molecule has 0 unspecified atom stereocenters. The fourth-order valence-corrected chi connectivity index (χ4v) is 3.17. The highest BCUT2D eigenvalue weighted by Crippen LogP contribution is 2.26. The van der Waals surface area contributed by atoms with E-state index in [1.165, 1.54) is 42.2 Å². The van der Waals surface area contributed by atoms with Gasteiger partial charge in [-0.25, -0.2) is 9.37 Å². The van der Waals surface area contributed by atoms with Gasteiger partial charge in [-0.2, -0.15) is 0 Å². The fourth-order valence-electron chi connectivity index (χ4n) is 2.34. The van der Waals surface area contributed by atoms with Crippen molar-refractivity contribution < 1.29 is 13.9 Å². The van der Waals surface area contributed by atoms with Crippen molar-refractivity contribution >= 4 is 22.9 Å². The van der Waals surface area contributed by atoms with Gasteiger partial charge in [0.2, 0.25) is 5.91 Å². The number of anilines is 1. The third-order valence-electron chi connectivity index (χ3n) is 3.63. The van der Waals surface area contributed by atoms with Crippen LogP contribution >= 0.6 is 11.3 Å². The molecule has 3 rings (SSSR count). The molecule has 0 aliphatic heterocycles. The minimum atomic E-state index is -0.419. The summed E-state index contributed by atoms with van der Waals surface area (Å²) in [5.74, 6) is -0.366. The van der Waals surface area contributed by atoms with Crippen LogP contribution in [-0.4, -0.2) is 18.0 Å². The maximum absolute atomic E-state index is 13.2. The number of methoxy groups -OCH3 is 1. The van der Waals surface area contributed by atoms with Gasteiger partial charge in [-0.3, -0.25) is 4.79 Å². The predicted molar refractivity (Wildman–Crippen MR) is 97.6 cm³/mol. The van der Waals surface area contributed by atoms with Gasteiger partial charge >= 0.3 is 0 Å². The Balaban J connectivity index is 1.69. The van der Waals surface area contributed by atoms with E-state index in [1.807, 2.05) is 36.6 Å². The Labute approximate surface area is 149 Å². The minimum Gasteiger partial charge on any atom is -0.494 e. The Morgan fingerprint density at radius 1 is 1.24 bits per heavy atom. The van der Waals surface area contributed by atoms with Crippen molar-refractivity contribution in [3.8, 4) is 16.3 Å². The Morgan fingerprint density at radius 2 is 2.00 bits per heavy atom. The van der Waals surface area contributed by atoms with Crippen LogP contribution in [0.25, 0.3) is 10.6 Å². The molecule has 6 heteroatoms. The standard InChI is InChI=1S/C19H17FN2O2S/c1-12-3-5-13(6-4-12)19-21-15(11-25-19)10-18(23)22-16-8-7-14(20)9-17(16)24-2/h3-9,11H,10H2,1-2H3,(H,22,23). The summed E-state index contributed by atoms with van der Waals surface area (Å²) in [7, 11) is 1.43. The largest absolute Gasteiger partial charge is 0.494 e. The topological polar surface area (TPSA) is 51.2 Å². The van der Waals surface area contributed by atoms with Gasteiger partial charge in [0.05, 0.1) is 24.9 Å². The Bertz CT molecular complexity index is 891. The number of hydrogen-bond donors (Lipinski definition) is 1. The van der Waals surface area contributed by atoms with Crippen LogP contribution in [0.3, 0.4) is 0 Å². The van der Waals surface area contributed by atoms with Crippen molar-refractivity contribution in [2.45, 2.75) is 13.3 Å². The fraction of sp³-hybridized carbons (Fsp3) is 0.158. The zero-order valence-corrected chi connectivity index (χ0v) is 14.7. The number of amides is 1. The van der Waals surface area contributed by atoms with Crippen LogP contribution in [0.5, 0.6) is 5.75 Å². The second kappa shape index (κ2) is 7.44. The van der Waals surface area contributed by atoms with E-state index in [0.717, 1.165) is 10.6 Å². The number of halogens is 1. The van der Waals surface area contributed by atoms with Crippen LogP contribution in [0.4, 0.5) is 10.1 Å². The molecule has 0 saturated carbocycles. The molecule has 1 heterocycles. The molecule has 1 amide bonds. The number of ether oxygens (including phenoxy) is 1. The van der Waals surface area contributed by atoms with E-state index >= 15 is 0 Å². The summed E-state index contributed by atoms with van der Waals surface area (Å²) in [4.78, 5) is 16.7. The number of carbonyl (C=O) groups excluding carboxylic acids is 1. The first-order chi connectivity index (χ1) is 12.0. The summed E-state index contributed by atoms with van der Waals surface area (Å²) >= 11 is 1.50. The molecule has 0 aliphatic carbocycles. The van der Waals surface area contributed by atoms with E-state index in [2.05, 4.69) is 10.3 Å². The molecule has 0 atom stereocenters. The first-order valence-electron chi connectivity index (χ1n) is 7.70. The highest BCUT2D eigenvalue weighted by molar-refractivity contribution is 7.13. The van der Waals surface area contributed by atoms with Gasteiger partial charge in [-0.15, -0.1) is 11.3 Å². The number of benzene rings is 2. The van der Waals surface area contributed by atoms with Crippen LogP contribution < -0.4 is 10.1 Å². The second-order valence-electron chi connectivity index (χ2n) is 5.58. The molecule has 1 N–H and O–H groups in total. The van der Waals surface area contributed by atoms with Crippen molar-refractivity contribution in [2.24, 2.45) is 0 Å². The zero-order valence-electron chi connectivity index (χ0n) is 13.9. The van der Waals surface area contributed by atoms with E-state index in [0.29, 0.717) is 11.4 Å². The van der Waals surface area contributed by atoms with Crippen molar-refractivity contribution in [3.63, 3.8) is 0 Å². The second-order valence-corrected chi connectivity index (χ2v) is 6.44. The quantitative estimate of drug-likeness (QED) is 0.735. The van der Waals surface area contributed by atoms with Crippen LogP contribution in [0.1, 0.15) is 11.3 Å². The highest BCUT2D eigenvalue weighted by Gasteiger charge is 2.12. The van der Waals surface area contributed by atoms with E-state index < -0.39 is 5.82 Å². The van der Waals surface area contributed by atoms with E-state index in [1.54, 1.807) is 0 Å². The number of aryl methyl sites for hydroxylation is 1. The molecule has 0 aliphatic rings. The monoisotopic (exact) mass is 356 g/mol. The number of carbonyl (C=O) groups is 1. The summed E-state index contributed by atoms with van der Waals surface area (Å²) in [5, 5.41) is 5.48. The highest BCUT2D eigenvalue weighted by atomic mass is 32.1. The predicted octanol–water partition coefficient (Wildman–Crippen LogP) is 4.45.